The summed E-state index contributed by atoms with van der Waals surface area (Å²) in [6, 6.07) is 6.49. The first-order chi connectivity index (χ1) is 10.2. The van der Waals surface area contributed by atoms with Gasteiger partial charge in [-0.25, -0.2) is 0 Å². The fraction of sp³-hybridized carbons (Fsp3) is 0.611. The molecule has 0 bridgehead atoms. The van der Waals surface area contributed by atoms with Gasteiger partial charge in [0, 0.05) is 18.3 Å². The van der Waals surface area contributed by atoms with E-state index in [1.165, 1.54) is 24.0 Å². The maximum absolute atomic E-state index is 13.0. The topological polar surface area (TPSA) is 46.3 Å². The molecule has 1 aromatic rings. The molecule has 2 aliphatic rings. The van der Waals surface area contributed by atoms with Crippen LogP contribution in [0.1, 0.15) is 49.7 Å². The second kappa shape index (κ2) is 6.18. The van der Waals surface area contributed by atoms with E-state index in [0.29, 0.717) is 0 Å². The summed E-state index contributed by atoms with van der Waals surface area (Å²) in [5.41, 5.74) is 9.99. The highest BCUT2D eigenvalue weighted by Gasteiger charge is 2.33. The van der Waals surface area contributed by atoms with Crippen molar-refractivity contribution in [1.82, 2.24) is 0 Å². The predicted octanol–water partition coefficient (Wildman–Crippen LogP) is 3.18. The number of hydrogen-bond acceptors (Lipinski definition) is 2. The molecule has 2 unspecified atom stereocenters. The van der Waals surface area contributed by atoms with E-state index >= 15 is 0 Å². The number of carbonyl (C=O) groups excluding carboxylic acids is 1. The molecule has 2 atom stereocenters. The van der Waals surface area contributed by atoms with Gasteiger partial charge in [-0.1, -0.05) is 37.0 Å². The van der Waals surface area contributed by atoms with Crippen molar-refractivity contribution in [1.29, 1.82) is 0 Å². The quantitative estimate of drug-likeness (QED) is 0.806. The molecule has 0 spiro atoms. The molecule has 1 aromatic carbocycles. The van der Waals surface area contributed by atoms with Gasteiger partial charge in [0.1, 0.15) is 0 Å². The molecule has 3 rings (SSSR count). The maximum Gasteiger partial charge on any atom is 0.231 e. The number of hydrogen-bond donors (Lipinski definition) is 1. The average molecular weight is 286 g/mol. The van der Waals surface area contributed by atoms with Crippen LogP contribution in [0.5, 0.6) is 0 Å². The van der Waals surface area contributed by atoms with Crippen molar-refractivity contribution in [2.75, 3.05) is 11.4 Å². The Morgan fingerprint density at radius 2 is 2.00 bits per heavy atom. The Morgan fingerprint density at radius 1 is 1.19 bits per heavy atom. The lowest BCUT2D eigenvalue weighted by molar-refractivity contribution is -0.123. The maximum atomic E-state index is 13.0. The molecular formula is C18H26N2O. The third-order valence-corrected chi connectivity index (χ3v) is 5.01. The molecule has 114 valence electrons. The Balaban J connectivity index is 1.85. The Bertz CT molecular complexity index is 526. The molecule has 1 amide bonds. The van der Waals surface area contributed by atoms with E-state index in [2.05, 4.69) is 25.1 Å². The summed E-state index contributed by atoms with van der Waals surface area (Å²) in [7, 11) is 0. The Labute approximate surface area is 127 Å². The summed E-state index contributed by atoms with van der Waals surface area (Å²) < 4.78 is 0. The number of benzene rings is 1. The van der Waals surface area contributed by atoms with Crippen LogP contribution in [0, 0.1) is 12.8 Å². The highest BCUT2D eigenvalue weighted by Crippen LogP contribution is 2.32. The first-order valence-corrected chi connectivity index (χ1v) is 8.33. The predicted molar refractivity (Wildman–Crippen MR) is 86.4 cm³/mol. The third-order valence-electron chi connectivity index (χ3n) is 5.01. The number of nitrogens with zero attached hydrogens (tertiary/aromatic N) is 1. The van der Waals surface area contributed by atoms with Crippen LogP contribution in [0.3, 0.4) is 0 Å². The minimum absolute atomic E-state index is 0.0137. The summed E-state index contributed by atoms with van der Waals surface area (Å²) in [5.74, 6) is 0.272. The Morgan fingerprint density at radius 3 is 2.86 bits per heavy atom. The minimum Gasteiger partial charge on any atom is -0.327 e. The molecule has 1 fully saturated rings. The van der Waals surface area contributed by atoms with E-state index < -0.39 is 0 Å². The average Bonchev–Trinajstić information content (AvgIpc) is 2.70. The van der Waals surface area contributed by atoms with Gasteiger partial charge in [-0.2, -0.15) is 0 Å². The number of amides is 1. The fourth-order valence-corrected chi connectivity index (χ4v) is 3.80. The first-order valence-electron chi connectivity index (χ1n) is 8.33. The van der Waals surface area contributed by atoms with E-state index in [1.54, 1.807) is 0 Å². The second-order valence-corrected chi connectivity index (χ2v) is 6.63. The van der Waals surface area contributed by atoms with Gasteiger partial charge in [0.15, 0.2) is 0 Å². The van der Waals surface area contributed by atoms with Crippen molar-refractivity contribution < 1.29 is 4.79 Å². The van der Waals surface area contributed by atoms with Crippen molar-refractivity contribution in [3.63, 3.8) is 0 Å². The van der Waals surface area contributed by atoms with Crippen LogP contribution >= 0.6 is 0 Å². The zero-order chi connectivity index (χ0) is 14.8. The summed E-state index contributed by atoms with van der Waals surface area (Å²) in [6.45, 7) is 2.96. The lowest BCUT2D eigenvalue weighted by Gasteiger charge is -2.34. The molecule has 0 aromatic heterocycles. The van der Waals surface area contributed by atoms with Crippen LogP contribution in [0.25, 0.3) is 0 Å². The molecule has 21 heavy (non-hydrogen) atoms. The van der Waals surface area contributed by atoms with Gasteiger partial charge in [0.2, 0.25) is 5.91 Å². The van der Waals surface area contributed by atoms with E-state index in [-0.39, 0.29) is 17.9 Å². The molecule has 0 saturated heterocycles. The summed E-state index contributed by atoms with van der Waals surface area (Å²) in [5, 5.41) is 0. The molecule has 1 aliphatic carbocycles. The second-order valence-electron chi connectivity index (χ2n) is 6.63. The van der Waals surface area contributed by atoms with Crippen LogP contribution in [-0.4, -0.2) is 18.5 Å². The van der Waals surface area contributed by atoms with Crippen molar-refractivity contribution >= 4 is 11.6 Å². The number of carbonyl (C=O) groups is 1. The smallest absolute Gasteiger partial charge is 0.231 e. The van der Waals surface area contributed by atoms with Crippen molar-refractivity contribution in [2.24, 2.45) is 11.7 Å². The van der Waals surface area contributed by atoms with Gasteiger partial charge in [-0.15, -0.1) is 0 Å². The third kappa shape index (κ3) is 2.98. The fourth-order valence-electron chi connectivity index (χ4n) is 3.80. The van der Waals surface area contributed by atoms with E-state index in [9.17, 15) is 4.79 Å². The zero-order valence-corrected chi connectivity index (χ0v) is 13.0. The van der Waals surface area contributed by atoms with Gasteiger partial charge in [0.05, 0.1) is 5.92 Å². The Hall–Kier alpha value is -1.35. The van der Waals surface area contributed by atoms with Crippen molar-refractivity contribution in [3.8, 4) is 0 Å². The van der Waals surface area contributed by atoms with Gasteiger partial charge < -0.3 is 10.6 Å². The van der Waals surface area contributed by atoms with Crippen molar-refractivity contribution in [3.05, 3.63) is 29.3 Å². The lowest BCUT2D eigenvalue weighted by Crippen LogP contribution is -2.45. The molecular weight excluding hydrogens is 260 g/mol. The molecule has 1 saturated carbocycles. The largest absolute Gasteiger partial charge is 0.327 e. The van der Waals surface area contributed by atoms with Gasteiger partial charge in [-0.3, -0.25) is 4.79 Å². The zero-order valence-electron chi connectivity index (χ0n) is 13.0. The SMILES string of the molecule is Cc1ccc2c(c1)CCCN2C(=O)C1CCCCCC1N. The van der Waals surface area contributed by atoms with E-state index in [4.69, 9.17) is 5.73 Å². The summed E-state index contributed by atoms with van der Waals surface area (Å²) >= 11 is 0. The first kappa shape index (κ1) is 14.6. The highest BCUT2D eigenvalue weighted by molar-refractivity contribution is 5.96. The van der Waals surface area contributed by atoms with Gasteiger partial charge in [0.25, 0.3) is 0 Å². The van der Waals surface area contributed by atoms with Crippen LogP contribution in [0.15, 0.2) is 18.2 Å². The van der Waals surface area contributed by atoms with Gasteiger partial charge in [-0.05, 0) is 44.2 Å². The molecule has 3 heteroatoms. The number of anilines is 1. The summed E-state index contributed by atoms with van der Waals surface area (Å²) in [6.07, 6.45) is 7.61. The standard InChI is InChI=1S/C18H26N2O/c1-13-9-10-17-14(12-13)6-5-11-20(17)18(21)15-7-3-2-4-8-16(15)19/h9-10,12,15-16H,2-8,11,19H2,1H3. The van der Waals surface area contributed by atoms with Crippen LogP contribution in [0.2, 0.25) is 0 Å². The van der Waals surface area contributed by atoms with Crippen LogP contribution in [-0.2, 0) is 11.2 Å². The molecule has 1 aliphatic heterocycles. The molecule has 0 radical (unpaired) electrons. The highest BCUT2D eigenvalue weighted by atomic mass is 16.2. The van der Waals surface area contributed by atoms with E-state index in [0.717, 1.165) is 44.3 Å². The lowest BCUT2D eigenvalue weighted by atomic mass is 9.91. The molecule has 2 N–H and O–H groups in total. The van der Waals surface area contributed by atoms with Crippen LogP contribution < -0.4 is 10.6 Å². The molecule has 1 heterocycles. The number of aryl methyl sites for hydroxylation is 2. The monoisotopic (exact) mass is 286 g/mol. The number of rotatable bonds is 1. The number of nitrogens with two attached hydrogens (primary N) is 1. The van der Waals surface area contributed by atoms with Crippen LogP contribution in [0.4, 0.5) is 5.69 Å². The minimum atomic E-state index is 0.0137. The van der Waals surface area contributed by atoms with Crippen molar-refractivity contribution in [2.45, 2.75) is 57.9 Å². The summed E-state index contributed by atoms with van der Waals surface area (Å²) in [4.78, 5) is 15.0. The normalized spacial score (nSPS) is 26.1. The number of fused-ring (bicyclic) bond motifs is 1. The molecule has 3 nitrogen and oxygen atoms in total. The van der Waals surface area contributed by atoms with Gasteiger partial charge >= 0.3 is 0 Å². The van der Waals surface area contributed by atoms with E-state index in [1.807, 2.05) is 4.90 Å². The Kier molecular flexibility index (Phi) is 4.29.